The number of alkyl halides is 3. The van der Waals surface area contributed by atoms with Gasteiger partial charge in [-0.15, -0.1) is 0 Å². The van der Waals surface area contributed by atoms with Gasteiger partial charge in [-0.25, -0.2) is 13.1 Å². The largest absolute Gasteiger partial charge is 0.416 e. The molecule has 0 amide bonds. The molecule has 2 aromatic rings. The van der Waals surface area contributed by atoms with Crippen molar-refractivity contribution in [2.24, 2.45) is 0 Å². The molecule has 1 N–H and O–H groups in total. The molecular formula is C19H21F3N2O2S. The summed E-state index contributed by atoms with van der Waals surface area (Å²) in [5.74, 6) is 0. The summed E-state index contributed by atoms with van der Waals surface area (Å²) in [5, 5.41) is 0. The molecule has 0 saturated carbocycles. The first kappa shape index (κ1) is 19.9. The molecule has 1 aliphatic heterocycles. The molecular weight excluding hydrogens is 377 g/mol. The maximum absolute atomic E-state index is 12.9. The summed E-state index contributed by atoms with van der Waals surface area (Å²) in [6, 6.07) is 13.2. The first-order chi connectivity index (χ1) is 12.8. The van der Waals surface area contributed by atoms with E-state index in [-0.39, 0.29) is 17.5 Å². The lowest BCUT2D eigenvalue weighted by molar-refractivity contribution is -0.137. The van der Waals surface area contributed by atoms with E-state index < -0.39 is 21.8 Å². The highest BCUT2D eigenvalue weighted by Crippen LogP contribution is 2.30. The lowest BCUT2D eigenvalue weighted by atomic mass is 10.1. The van der Waals surface area contributed by atoms with Crippen LogP contribution in [0, 0.1) is 0 Å². The van der Waals surface area contributed by atoms with Gasteiger partial charge in [0.2, 0.25) is 10.0 Å². The molecule has 8 heteroatoms. The Morgan fingerprint density at radius 1 is 1.00 bits per heavy atom. The highest BCUT2D eigenvalue weighted by atomic mass is 32.2. The molecule has 27 heavy (non-hydrogen) atoms. The monoisotopic (exact) mass is 398 g/mol. The molecule has 1 unspecified atom stereocenters. The van der Waals surface area contributed by atoms with E-state index in [1.54, 1.807) is 0 Å². The maximum atomic E-state index is 12.9. The van der Waals surface area contributed by atoms with Gasteiger partial charge in [-0.3, -0.25) is 4.90 Å². The highest BCUT2D eigenvalue weighted by molar-refractivity contribution is 7.89. The van der Waals surface area contributed by atoms with Crippen LogP contribution in [0.5, 0.6) is 0 Å². The van der Waals surface area contributed by atoms with Crippen LogP contribution in [0.15, 0.2) is 59.5 Å². The average Bonchev–Trinajstić information content (AvgIpc) is 3.16. The van der Waals surface area contributed by atoms with Crippen LogP contribution in [0.2, 0.25) is 0 Å². The number of benzene rings is 2. The fraction of sp³-hybridized carbons (Fsp3) is 0.368. The first-order valence-corrected chi connectivity index (χ1v) is 10.2. The van der Waals surface area contributed by atoms with E-state index in [9.17, 15) is 21.6 Å². The number of nitrogens with one attached hydrogen (secondary N) is 1. The summed E-state index contributed by atoms with van der Waals surface area (Å²) in [7, 11) is -4.05. The van der Waals surface area contributed by atoms with E-state index in [4.69, 9.17) is 0 Å². The Bertz CT molecular complexity index is 864. The van der Waals surface area contributed by atoms with Crippen molar-refractivity contribution in [3.63, 3.8) is 0 Å². The smallest absolute Gasteiger partial charge is 0.295 e. The summed E-state index contributed by atoms with van der Waals surface area (Å²) in [5.41, 5.74) is -0.00401. The Morgan fingerprint density at radius 3 is 2.30 bits per heavy atom. The Kier molecular flexibility index (Phi) is 5.88. The third kappa shape index (κ3) is 4.88. The number of sulfonamides is 1. The second-order valence-corrected chi connectivity index (χ2v) is 8.31. The number of hydrogen-bond acceptors (Lipinski definition) is 3. The van der Waals surface area contributed by atoms with E-state index in [0.717, 1.165) is 43.6 Å². The predicted octanol–water partition coefficient (Wildman–Crippen LogP) is 3.82. The topological polar surface area (TPSA) is 49.4 Å². The molecule has 1 aliphatic rings. The van der Waals surface area contributed by atoms with Crippen LogP contribution in [0.4, 0.5) is 13.2 Å². The third-order valence-electron chi connectivity index (χ3n) is 4.70. The van der Waals surface area contributed by atoms with Crippen molar-refractivity contribution >= 4 is 10.0 Å². The van der Waals surface area contributed by atoms with Gasteiger partial charge in [0.05, 0.1) is 10.5 Å². The molecule has 0 radical (unpaired) electrons. The van der Waals surface area contributed by atoms with Crippen LogP contribution in [0.3, 0.4) is 0 Å². The Hall–Kier alpha value is -1.90. The highest BCUT2D eigenvalue weighted by Gasteiger charge is 2.32. The number of nitrogens with zero attached hydrogens (tertiary/aromatic N) is 1. The standard InChI is InChI=1S/C19H21F3N2O2S/c20-19(21,22)16-9-6-10-17(13-16)27(25,26)23-14-18(24-11-4-5-12-24)15-7-2-1-3-8-15/h1-3,6-10,13,18,23H,4-5,11-12,14H2. The zero-order valence-corrected chi connectivity index (χ0v) is 15.4. The molecule has 1 fully saturated rings. The Balaban J connectivity index is 1.80. The molecule has 4 nitrogen and oxygen atoms in total. The molecule has 0 bridgehead atoms. The van der Waals surface area contributed by atoms with Crippen molar-refractivity contribution in [2.75, 3.05) is 19.6 Å². The molecule has 1 atom stereocenters. The van der Waals surface area contributed by atoms with Crippen molar-refractivity contribution in [2.45, 2.75) is 30.0 Å². The second-order valence-electron chi connectivity index (χ2n) is 6.55. The van der Waals surface area contributed by atoms with Gasteiger partial charge in [-0.05, 0) is 49.7 Å². The van der Waals surface area contributed by atoms with Crippen LogP contribution >= 0.6 is 0 Å². The molecule has 0 spiro atoms. The van der Waals surface area contributed by atoms with Gasteiger partial charge >= 0.3 is 6.18 Å². The van der Waals surface area contributed by atoms with E-state index in [2.05, 4.69) is 9.62 Å². The van der Waals surface area contributed by atoms with E-state index >= 15 is 0 Å². The van der Waals surface area contributed by atoms with Crippen molar-refractivity contribution in [3.05, 3.63) is 65.7 Å². The Morgan fingerprint density at radius 2 is 1.67 bits per heavy atom. The molecule has 0 aromatic heterocycles. The predicted molar refractivity (Wildman–Crippen MR) is 96.6 cm³/mol. The van der Waals surface area contributed by atoms with Gasteiger partial charge in [-0.1, -0.05) is 36.4 Å². The van der Waals surface area contributed by atoms with Crippen LogP contribution < -0.4 is 4.72 Å². The lowest BCUT2D eigenvalue weighted by Crippen LogP contribution is -2.36. The minimum atomic E-state index is -4.59. The number of likely N-dealkylation sites (tertiary alicyclic amines) is 1. The summed E-state index contributed by atoms with van der Waals surface area (Å²) in [6.45, 7) is 1.83. The van der Waals surface area contributed by atoms with Crippen molar-refractivity contribution in [1.82, 2.24) is 9.62 Å². The third-order valence-corrected chi connectivity index (χ3v) is 6.13. The number of rotatable bonds is 6. The van der Waals surface area contributed by atoms with E-state index in [0.29, 0.717) is 6.07 Å². The van der Waals surface area contributed by atoms with E-state index in [1.165, 1.54) is 6.07 Å². The fourth-order valence-corrected chi connectivity index (χ4v) is 4.38. The van der Waals surface area contributed by atoms with Crippen molar-refractivity contribution < 1.29 is 21.6 Å². The summed E-state index contributed by atoms with van der Waals surface area (Å²) in [6.07, 6.45) is -2.50. The molecule has 1 heterocycles. The fourth-order valence-electron chi connectivity index (χ4n) is 3.30. The van der Waals surface area contributed by atoms with Gasteiger partial charge < -0.3 is 0 Å². The van der Waals surface area contributed by atoms with Gasteiger partial charge in [0, 0.05) is 12.6 Å². The zero-order valence-electron chi connectivity index (χ0n) is 14.6. The summed E-state index contributed by atoms with van der Waals surface area (Å²) >= 11 is 0. The van der Waals surface area contributed by atoms with Gasteiger partial charge in [0.25, 0.3) is 0 Å². The minimum absolute atomic E-state index is 0.0998. The van der Waals surface area contributed by atoms with Crippen LogP contribution in [0.25, 0.3) is 0 Å². The van der Waals surface area contributed by atoms with E-state index in [1.807, 2.05) is 30.3 Å². The van der Waals surface area contributed by atoms with Crippen LogP contribution in [-0.2, 0) is 16.2 Å². The second kappa shape index (κ2) is 8.00. The summed E-state index contributed by atoms with van der Waals surface area (Å²) in [4.78, 5) is 1.81. The Labute approximate surface area is 157 Å². The normalized spacial score (nSPS) is 17.1. The van der Waals surface area contributed by atoms with Crippen molar-refractivity contribution in [1.29, 1.82) is 0 Å². The molecule has 3 rings (SSSR count). The van der Waals surface area contributed by atoms with Gasteiger partial charge in [0.1, 0.15) is 0 Å². The molecule has 146 valence electrons. The van der Waals surface area contributed by atoms with Crippen molar-refractivity contribution in [3.8, 4) is 0 Å². The van der Waals surface area contributed by atoms with Crippen LogP contribution in [-0.4, -0.2) is 33.0 Å². The number of hydrogen-bond donors (Lipinski definition) is 1. The molecule has 1 saturated heterocycles. The first-order valence-electron chi connectivity index (χ1n) is 8.73. The molecule has 2 aromatic carbocycles. The van der Waals surface area contributed by atoms with Gasteiger partial charge in [-0.2, -0.15) is 13.2 Å². The lowest BCUT2D eigenvalue weighted by Gasteiger charge is -2.28. The summed E-state index contributed by atoms with van der Waals surface area (Å²) < 4.78 is 66.2. The maximum Gasteiger partial charge on any atom is 0.416 e. The van der Waals surface area contributed by atoms with Gasteiger partial charge in [0.15, 0.2) is 0 Å². The number of halogens is 3. The minimum Gasteiger partial charge on any atom is -0.295 e. The quantitative estimate of drug-likeness (QED) is 0.805. The zero-order chi connectivity index (χ0) is 19.5. The average molecular weight is 398 g/mol. The SMILES string of the molecule is O=S(=O)(NCC(c1ccccc1)N1CCCC1)c1cccc(C(F)(F)F)c1. The van der Waals surface area contributed by atoms with Crippen LogP contribution in [0.1, 0.15) is 30.0 Å². The molecule has 0 aliphatic carbocycles.